The van der Waals surface area contributed by atoms with Crippen molar-refractivity contribution in [3.63, 3.8) is 0 Å². The molecule has 2 aromatic rings. The first-order chi connectivity index (χ1) is 13.2. The topological polar surface area (TPSA) is 9.23 Å². The molecule has 1 aromatic carbocycles. The number of hydrogen-bond acceptors (Lipinski definition) is 3. The van der Waals surface area contributed by atoms with E-state index in [1.54, 1.807) is 7.11 Å². The second-order valence-corrected chi connectivity index (χ2v) is 8.80. The van der Waals surface area contributed by atoms with Gasteiger partial charge in [0.05, 0.1) is 7.11 Å². The van der Waals surface area contributed by atoms with Crippen molar-refractivity contribution < 1.29 is 4.74 Å². The summed E-state index contributed by atoms with van der Waals surface area (Å²) in [4.78, 5) is 3.71. The molecule has 138 valence electrons. The molecule has 1 nitrogen and oxygen atoms in total. The van der Waals surface area contributed by atoms with Crippen LogP contribution in [0.2, 0.25) is 0 Å². The lowest BCUT2D eigenvalue weighted by molar-refractivity contribution is 0.299. The monoisotopic (exact) mass is 392 g/mol. The normalized spacial score (nSPS) is 22.1. The fraction of sp³-hybridized carbons (Fsp3) is 0.250. The standard InChI is InChI=1S/C24H24OS2/c1-16-22(26)15-23(27-16)24-20(17-7-4-3-5-8-17)9-6-10-21(24)18-11-13-19(25-2)14-12-18/h3-9,11,13-15,18,21,26H,10,12H2,1-2H3. The summed E-state index contributed by atoms with van der Waals surface area (Å²) in [5, 5.41) is 0. The third-order valence-corrected chi connectivity index (χ3v) is 7.13. The van der Waals surface area contributed by atoms with Crippen LogP contribution in [0.1, 0.15) is 28.2 Å². The van der Waals surface area contributed by atoms with Crippen LogP contribution >= 0.6 is 24.0 Å². The molecule has 0 saturated carbocycles. The lowest BCUT2D eigenvalue weighted by Crippen LogP contribution is -2.18. The van der Waals surface area contributed by atoms with Crippen molar-refractivity contribution in [2.24, 2.45) is 11.8 Å². The van der Waals surface area contributed by atoms with Crippen LogP contribution in [-0.4, -0.2) is 7.11 Å². The van der Waals surface area contributed by atoms with Gasteiger partial charge in [-0.2, -0.15) is 0 Å². The van der Waals surface area contributed by atoms with Crippen molar-refractivity contribution in [2.75, 3.05) is 7.11 Å². The molecule has 0 radical (unpaired) electrons. The van der Waals surface area contributed by atoms with Crippen LogP contribution in [0.5, 0.6) is 0 Å². The van der Waals surface area contributed by atoms with E-state index in [0.29, 0.717) is 11.8 Å². The van der Waals surface area contributed by atoms with Crippen molar-refractivity contribution in [1.29, 1.82) is 0 Å². The number of benzene rings is 1. The van der Waals surface area contributed by atoms with E-state index < -0.39 is 0 Å². The summed E-state index contributed by atoms with van der Waals surface area (Å²) in [7, 11) is 1.74. The van der Waals surface area contributed by atoms with Gasteiger partial charge in [0.25, 0.3) is 0 Å². The Labute approximate surface area is 171 Å². The zero-order valence-corrected chi connectivity index (χ0v) is 17.4. The highest BCUT2D eigenvalue weighted by atomic mass is 32.1. The Morgan fingerprint density at radius 1 is 1.11 bits per heavy atom. The van der Waals surface area contributed by atoms with Gasteiger partial charge in [0.1, 0.15) is 5.76 Å². The van der Waals surface area contributed by atoms with Gasteiger partial charge in [-0.3, -0.25) is 0 Å². The maximum Gasteiger partial charge on any atom is 0.114 e. The van der Waals surface area contributed by atoms with Crippen LogP contribution in [0.15, 0.2) is 77.4 Å². The molecule has 3 heteroatoms. The Hall–Kier alpha value is -1.97. The van der Waals surface area contributed by atoms with Crippen LogP contribution in [0.25, 0.3) is 11.1 Å². The van der Waals surface area contributed by atoms with Gasteiger partial charge in [-0.05, 0) is 66.5 Å². The average Bonchev–Trinajstić information content (AvgIpc) is 3.06. The van der Waals surface area contributed by atoms with Crippen LogP contribution < -0.4 is 0 Å². The van der Waals surface area contributed by atoms with Gasteiger partial charge >= 0.3 is 0 Å². The van der Waals surface area contributed by atoms with E-state index in [9.17, 15) is 0 Å². The minimum Gasteiger partial charge on any atom is -0.497 e. The number of thiophene rings is 1. The highest BCUT2D eigenvalue weighted by Crippen LogP contribution is 2.46. The number of hydrogen-bond donors (Lipinski definition) is 1. The SMILES string of the molecule is COC1=CCC(C2CC=CC(c3ccccc3)=C2c2cc(S)c(C)s2)C=C1. The molecule has 0 N–H and O–H groups in total. The van der Waals surface area contributed by atoms with Crippen molar-refractivity contribution in [3.05, 3.63) is 87.9 Å². The molecule has 0 fully saturated rings. The van der Waals surface area contributed by atoms with Crippen LogP contribution in [0, 0.1) is 18.8 Å². The lowest BCUT2D eigenvalue weighted by atomic mass is 9.74. The van der Waals surface area contributed by atoms with Crippen LogP contribution in [0.3, 0.4) is 0 Å². The predicted molar refractivity (Wildman–Crippen MR) is 119 cm³/mol. The highest BCUT2D eigenvalue weighted by molar-refractivity contribution is 7.80. The summed E-state index contributed by atoms with van der Waals surface area (Å²) in [5.74, 6) is 1.91. The van der Waals surface area contributed by atoms with Gasteiger partial charge in [-0.25, -0.2) is 0 Å². The summed E-state index contributed by atoms with van der Waals surface area (Å²) >= 11 is 6.53. The van der Waals surface area contributed by atoms with Gasteiger partial charge in [0.15, 0.2) is 0 Å². The quantitative estimate of drug-likeness (QED) is 0.555. The molecule has 2 aliphatic carbocycles. The molecule has 4 rings (SSSR count). The van der Waals surface area contributed by atoms with Gasteiger partial charge in [0, 0.05) is 14.6 Å². The van der Waals surface area contributed by atoms with Crippen molar-refractivity contribution in [3.8, 4) is 0 Å². The van der Waals surface area contributed by atoms with Crippen LogP contribution in [0.4, 0.5) is 0 Å². The third-order valence-electron chi connectivity index (χ3n) is 5.43. The summed E-state index contributed by atoms with van der Waals surface area (Å²) in [5.41, 5.74) is 4.09. The average molecular weight is 393 g/mol. The van der Waals surface area contributed by atoms with Gasteiger partial charge < -0.3 is 4.74 Å². The molecule has 27 heavy (non-hydrogen) atoms. The first-order valence-electron chi connectivity index (χ1n) is 9.35. The Bertz CT molecular complexity index is 925. The maximum atomic E-state index is 5.39. The summed E-state index contributed by atoms with van der Waals surface area (Å²) in [6, 6.07) is 13.0. The minimum atomic E-state index is 0.460. The molecule has 2 unspecified atom stereocenters. The molecule has 2 atom stereocenters. The van der Waals surface area contributed by atoms with Crippen molar-refractivity contribution >= 4 is 35.1 Å². The number of thiol groups is 1. The smallest absolute Gasteiger partial charge is 0.114 e. The number of allylic oxidation sites excluding steroid dienone is 7. The van der Waals surface area contributed by atoms with Crippen LogP contribution in [-0.2, 0) is 4.74 Å². The molecule has 2 aliphatic rings. The molecule has 1 heterocycles. The highest BCUT2D eigenvalue weighted by Gasteiger charge is 2.30. The lowest BCUT2D eigenvalue weighted by Gasteiger charge is -2.31. The number of ether oxygens (including phenoxy) is 1. The number of aryl methyl sites for hydroxylation is 1. The molecule has 0 bridgehead atoms. The summed E-state index contributed by atoms with van der Waals surface area (Å²) < 4.78 is 5.39. The first-order valence-corrected chi connectivity index (χ1v) is 10.6. The zero-order chi connectivity index (χ0) is 18.8. The van der Waals surface area contributed by atoms with E-state index in [2.05, 4.69) is 86.3 Å². The molecule has 0 spiro atoms. The Balaban J connectivity index is 1.82. The predicted octanol–water partition coefficient (Wildman–Crippen LogP) is 6.94. The molecular formula is C24H24OS2. The Morgan fingerprint density at radius 3 is 2.56 bits per heavy atom. The fourth-order valence-electron chi connectivity index (χ4n) is 3.99. The van der Waals surface area contributed by atoms with E-state index in [-0.39, 0.29) is 0 Å². The van der Waals surface area contributed by atoms with Crippen molar-refractivity contribution in [1.82, 2.24) is 0 Å². The third kappa shape index (κ3) is 3.71. The largest absolute Gasteiger partial charge is 0.497 e. The minimum absolute atomic E-state index is 0.460. The number of methoxy groups -OCH3 is 1. The van der Waals surface area contributed by atoms with E-state index in [0.717, 1.165) is 23.5 Å². The molecule has 1 aromatic heterocycles. The first kappa shape index (κ1) is 18.4. The maximum absolute atomic E-state index is 5.39. The second-order valence-electron chi connectivity index (χ2n) is 7.06. The van der Waals surface area contributed by atoms with Crippen molar-refractivity contribution in [2.45, 2.75) is 24.7 Å². The van der Waals surface area contributed by atoms with Gasteiger partial charge in [-0.15, -0.1) is 24.0 Å². The Kier molecular flexibility index (Phi) is 5.42. The van der Waals surface area contributed by atoms with E-state index in [1.165, 1.54) is 26.5 Å². The Morgan fingerprint density at radius 2 is 1.93 bits per heavy atom. The molecular weight excluding hydrogens is 368 g/mol. The summed E-state index contributed by atoms with van der Waals surface area (Å²) in [6.07, 6.45) is 13.4. The molecule has 0 saturated heterocycles. The number of rotatable bonds is 4. The van der Waals surface area contributed by atoms with Gasteiger partial charge in [-0.1, -0.05) is 48.6 Å². The molecule has 0 amide bonds. The van der Waals surface area contributed by atoms with E-state index >= 15 is 0 Å². The van der Waals surface area contributed by atoms with E-state index in [4.69, 9.17) is 4.74 Å². The summed E-state index contributed by atoms with van der Waals surface area (Å²) in [6.45, 7) is 2.15. The zero-order valence-electron chi connectivity index (χ0n) is 15.7. The fourth-order valence-corrected chi connectivity index (χ4v) is 5.38. The van der Waals surface area contributed by atoms with Gasteiger partial charge in [0.2, 0.25) is 0 Å². The second kappa shape index (κ2) is 7.95. The molecule has 0 aliphatic heterocycles. The van der Waals surface area contributed by atoms with E-state index in [1.807, 2.05) is 11.3 Å².